The lowest BCUT2D eigenvalue weighted by atomic mass is 9.50. The van der Waals surface area contributed by atoms with E-state index >= 15 is 0 Å². The quantitative estimate of drug-likeness (QED) is 0.454. The average Bonchev–Trinajstić information content (AvgIpc) is 3.10. The highest BCUT2D eigenvalue weighted by Crippen LogP contribution is 2.65. The molecule has 34 heavy (non-hydrogen) atoms. The smallest absolute Gasteiger partial charge is 0.490 e. The van der Waals surface area contributed by atoms with Crippen LogP contribution in [0, 0.1) is 0 Å². The Balaban J connectivity index is 0.000000344. The van der Waals surface area contributed by atoms with Crippen LogP contribution in [-0.2, 0) is 26.2 Å². The van der Waals surface area contributed by atoms with Gasteiger partial charge in [-0.1, -0.05) is 6.07 Å². The first-order valence-electron chi connectivity index (χ1n) is 10.6. The van der Waals surface area contributed by atoms with Gasteiger partial charge in [0, 0.05) is 18.0 Å². The van der Waals surface area contributed by atoms with Crippen LogP contribution >= 0.6 is 0 Å². The molecular weight excluding hydrogens is 463 g/mol. The summed E-state index contributed by atoms with van der Waals surface area (Å²) in [5.41, 5.74) is 0.0273. The summed E-state index contributed by atoms with van der Waals surface area (Å²) in [6.45, 7) is 2.11. The summed E-state index contributed by atoms with van der Waals surface area (Å²) in [7, 11) is 2.01. The van der Waals surface area contributed by atoms with E-state index in [0.717, 1.165) is 17.7 Å². The van der Waals surface area contributed by atoms with E-state index in [4.69, 9.17) is 19.4 Å². The standard InChI is InChI=1S/C20H23NO6.C2HF3O2/c1-10(22)18(24)26-13-5-6-20(25)14-9-11-3-4-12(23)16-15(11)19(20,17(13)27-16)7-8-21(14)2;3-2(4,5)1(6)7/h3-5,10,14,17,22-23,25H,6-9H2,1-2H3;(H,6,7)/t10?,14-,17+,19+,20-;/m1./s1. The van der Waals surface area contributed by atoms with Gasteiger partial charge >= 0.3 is 18.1 Å². The number of carboxylic acids is 1. The zero-order valence-electron chi connectivity index (χ0n) is 18.3. The molecule has 0 amide bonds. The molecule has 1 fully saturated rings. The molecule has 2 aliphatic carbocycles. The van der Waals surface area contributed by atoms with Crippen molar-refractivity contribution in [3.8, 4) is 11.5 Å². The van der Waals surface area contributed by atoms with Crippen LogP contribution in [0.4, 0.5) is 13.2 Å². The van der Waals surface area contributed by atoms with Gasteiger partial charge in [0.1, 0.15) is 11.9 Å². The molecular formula is C22H24F3NO8. The Labute approximate surface area is 192 Å². The minimum Gasteiger partial charge on any atom is -0.504 e. The number of likely N-dealkylation sites (tertiary alicyclic amines) is 1. The second kappa shape index (κ2) is 7.85. The van der Waals surface area contributed by atoms with Gasteiger partial charge in [-0.05, 0) is 51.1 Å². The summed E-state index contributed by atoms with van der Waals surface area (Å²) in [4.78, 5) is 23.1. The molecule has 9 nitrogen and oxygen atoms in total. The second-order valence-corrected chi connectivity index (χ2v) is 9.00. The van der Waals surface area contributed by atoms with Crippen molar-refractivity contribution in [3.05, 3.63) is 35.1 Å². The maximum absolute atomic E-state index is 12.0. The van der Waals surface area contributed by atoms with Crippen LogP contribution < -0.4 is 4.74 Å². The average molecular weight is 487 g/mol. The predicted octanol–water partition coefficient (Wildman–Crippen LogP) is 1.23. The molecule has 4 N–H and O–H groups in total. The maximum atomic E-state index is 12.0. The number of aliphatic hydroxyl groups excluding tert-OH is 1. The summed E-state index contributed by atoms with van der Waals surface area (Å²) >= 11 is 0. The number of nitrogens with zero attached hydrogens (tertiary/aromatic N) is 1. The van der Waals surface area contributed by atoms with Gasteiger partial charge in [0.25, 0.3) is 0 Å². The highest BCUT2D eigenvalue weighted by atomic mass is 19.4. The van der Waals surface area contributed by atoms with Gasteiger partial charge < -0.3 is 34.8 Å². The monoisotopic (exact) mass is 487 g/mol. The Kier molecular flexibility index (Phi) is 5.61. The molecule has 5 rings (SSSR count). The van der Waals surface area contributed by atoms with Gasteiger partial charge in [-0.2, -0.15) is 13.2 Å². The summed E-state index contributed by atoms with van der Waals surface area (Å²) in [5, 5.41) is 39.0. The van der Waals surface area contributed by atoms with Gasteiger partial charge in [0.2, 0.25) is 0 Å². The van der Waals surface area contributed by atoms with Crippen LogP contribution in [0.15, 0.2) is 24.0 Å². The second-order valence-electron chi connectivity index (χ2n) is 9.00. The molecule has 1 aromatic carbocycles. The maximum Gasteiger partial charge on any atom is 0.490 e. The van der Waals surface area contributed by atoms with E-state index in [9.17, 15) is 33.3 Å². The number of ether oxygens (including phenoxy) is 2. The lowest BCUT2D eigenvalue weighted by Crippen LogP contribution is -2.74. The molecule has 1 saturated heterocycles. The summed E-state index contributed by atoms with van der Waals surface area (Å²) in [6, 6.07) is 3.42. The summed E-state index contributed by atoms with van der Waals surface area (Å²) in [6.07, 6.45) is -3.74. The van der Waals surface area contributed by atoms with E-state index in [1.54, 1.807) is 12.1 Å². The van der Waals surface area contributed by atoms with Gasteiger partial charge in [-0.15, -0.1) is 0 Å². The molecule has 1 aromatic rings. The number of rotatable bonds is 2. The van der Waals surface area contributed by atoms with Crippen LogP contribution in [0.3, 0.4) is 0 Å². The molecule has 4 aliphatic rings. The van der Waals surface area contributed by atoms with Crippen LogP contribution in [0.25, 0.3) is 0 Å². The molecule has 1 spiro atoms. The van der Waals surface area contributed by atoms with E-state index in [-0.39, 0.29) is 11.8 Å². The number of hydrogen-bond acceptors (Lipinski definition) is 8. The number of aliphatic carboxylic acids is 1. The molecule has 186 valence electrons. The van der Waals surface area contributed by atoms with Crippen molar-refractivity contribution in [2.75, 3.05) is 13.6 Å². The number of aliphatic hydroxyl groups is 2. The van der Waals surface area contributed by atoms with Crippen LogP contribution in [0.5, 0.6) is 11.5 Å². The molecule has 2 bridgehead atoms. The number of phenolic OH excluding ortho intramolecular Hbond substituents is 1. The molecule has 12 heteroatoms. The van der Waals surface area contributed by atoms with Crippen LogP contribution in [0.2, 0.25) is 0 Å². The van der Waals surface area contributed by atoms with Crippen molar-refractivity contribution >= 4 is 11.9 Å². The molecule has 5 atom stereocenters. The molecule has 1 unspecified atom stereocenters. The van der Waals surface area contributed by atoms with E-state index in [1.807, 2.05) is 13.1 Å². The molecule has 0 radical (unpaired) electrons. The number of carboxylic acid groups (broad SMARTS) is 1. The van der Waals surface area contributed by atoms with Crippen molar-refractivity contribution in [2.24, 2.45) is 0 Å². The van der Waals surface area contributed by atoms with Crippen molar-refractivity contribution in [1.82, 2.24) is 4.90 Å². The zero-order chi connectivity index (χ0) is 25.2. The summed E-state index contributed by atoms with van der Waals surface area (Å²) < 4.78 is 43.3. The highest BCUT2D eigenvalue weighted by molar-refractivity contribution is 5.75. The number of phenols is 1. The number of carbonyl (C=O) groups excluding carboxylic acids is 1. The van der Waals surface area contributed by atoms with Crippen molar-refractivity contribution < 1.29 is 52.7 Å². The lowest BCUT2D eigenvalue weighted by molar-refractivity contribution is -0.192. The molecule has 2 heterocycles. The molecule has 0 saturated carbocycles. The SMILES string of the molecule is CC(O)C(=O)OC1=CC[C@@]2(O)[C@H]3Cc4ccc(O)c5c4[C@@]2(CCN3C)[C@H]1O5.O=C(O)C(F)(F)F. The van der Waals surface area contributed by atoms with Gasteiger partial charge in [0.15, 0.2) is 17.6 Å². The number of alkyl halides is 3. The first-order chi connectivity index (χ1) is 15.7. The van der Waals surface area contributed by atoms with Crippen molar-refractivity contribution in [2.45, 2.75) is 61.6 Å². The largest absolute Gasteiger partial charge is 0.504 e. The third-order valence-electron chi connectivity index (χ3n) is 7.16. The van der Waals surface area contributed by atoms with Gasteiger partial charge in [-0.25, -0.2) is 9.59 Å². The van der Waals surface area contributed by atoms with E-state index < -0.39 is 41.3 Å². The number of likely N-dealkylation sites (N-methyl/N-ethyl adjacent to an activating group) is 1. The fourth-order valence-corrected chi connectivity index (χ4v) is 5.64. The Morgan fingerprint density at radius 3 is 2.56 bits per heavy atom. The Morgan fingerprint density at radius 2 is 1.97 bits per heavy atom. The highest BCUT2D eigenvalue weighted by Gasteiger charge is 2.72. The lowest BCUT2D eigenvalue weighted by Gasteiger charge is -2.61. The number of piperidine rings is 1. The summed E-state index contributed by atoms with van der Waals surface area (Å²) in [5.74, 6) is -2.81. The van der Waals surface area contributed by atoms with Crippen LogP contribution in [-0.4, -0.2) is 80.9 Å². The van der Waals surface area contributed by atoms with Gasteiger partial charge in [0.05, 0.1) is 11.0 Å². The van der Waals surface area contributed by atoms with Crippen LogP contribution in [0.1, 0.15) is 30.9 Å². The minimum atomic E-state index is -5.08. The Bertz CT molecular complexity index is 1070. The molecule has 0 aromatic heterocycles. The third kappa shape index (κ3) is 3.35. The van der Waals surface area contributed by atoms with Crippen molar-refractivity contribution in [3.63, 3.8) is 0 Å². The number of aromatic hydroxyl groups is 1. The minimum absolute atomic E-state index is 0.0263. The first-order valence-corrected chi connectivity index (χ1v) is 10.6. The van der Waals surface area contributed by atoms with E-state index in [0.29, 0.717) is 30.8 Å². The predicted molar refractivity (Wildman–Crippen MR) is 108 cm³/mol. The Morgan fingerprint density at radius 1 is 1.32 bits per heavy atom. The topological polar surface area (TPSA) is 137 Å². The zero-order valence-corrected chi connectivity index (χ0v) is 18.3. The van der Waals surface area contributed by atoms with Crippen molar-refractivity contribution in [1.29, 1.82) is 0 Å². The number of esters is 1. The fourth-order valence-electron chi connectivity index (χ4n) is 5.64. The van der Waals surface area contributed by atoms with E-state index in [1.165, 1.54) is 6.92 Å². The fraction of sp³-hybridized carbons (Fsp3) is 0.545. The van der Waals surface area contributed by atoms with Gasteiger partial charge in [-0.3, -0.25) is 0 Å². The Hall–Kier alpha value is -2.83. The number of carbonyl (C=O) groups is 2. The first kappa shape index (κ1) is 24.3. The third-order valence-corrected chi connectivity index (χ3v) is 7.16. The number of benzene rings is 1. The normalized spacial score (nSPS) is 31.8. The number of hydrogen-bond donors (Lipinski definition) is 4. The number of halogens is 3. The van der Waals surface area contributed by atoms with E-state index in [2.05, 4.69) is 4.90 Å². The molecule has 2 aliphatic heterocycles.